The first-order valence-electron chi connectivity index (χ1n) is 5.42. The molecule has 2 nitrogen and oxygen atoms in total. The number of benzene rings is 1. The van der Waals surface area contributed by atoms with Gasteiger partial charge in [0.1, 0.15) is 0 Å². The van der Waals surface area contributed by atoms with Crippen molar-refractivity contribution in [3.05, 3.63) is 35.9 Å². The van der Waals surface area contributed by atoms with E-state index in [2.05, 4.69) is 42.3 Å². The average Bonchev–Trinajstić information content (AvgIpc) is 2.23. The first-order chi connectivity index (χ1) is 6.84. The first kappa shape index (κ1) is 9.69. The SMILES string of the molecule is C[NH+]1CCN(Cc2ccccc2)CC1. The van der Waals surface area contributed by atoms with Crippen LogP contribution in [0, 0.1) is 0 Å². The molecule has 1 aliphatic heterocycles. The summed E-state index contributed by atoms with van der Waals surface area (Å²) in [6, 6.07) is 10.8. The Balaban J connectivity index is 1.87. The zero-order chi connectivity index (χ0) is 9.80. The number of hydrogen-bond acceptors (Lipinski definition) is 1. The molecule has 0 radical (unpaired) electrons. The van der Waals surface area contributed by atoms with Gasteiger partial charge in [-0.2, -0.15) is 0 Å². The van der Waals surface area contributed by atoms with E-state index in [1.165, 1.54) is 31.7 Å². The molecule has 0 aromatic heterocycles. The van der Waals surface area contributed by atoms with E-state index in [-0.39, 0.29) is 0 Å². The van der Waals surface area contributed by atoms with Crippen molar-refractivity contribution in [1.82, 2.24) is 4.90 Å². The molecule has 1 saturated heterocycles. The number of likely N-dealkylation sites (N-methyl/N-ethyl adjacent to an activating group) is 1. The molecule has 0 unspecified atom stereocenters. The monoisotopic (exact) mass is 191 g/mol. The van der Waals surface area contributed by atoms with Gasteiger partial charge in [-0.3, -0.25) is 4.90 Å². The van der Waals surface area contributed by atoms with Gasteiger partial charge in [0, 0.05) is 19.6 Å². The van der Waals surface area contributed by atoms with Crippen LogP contribution < -0.4 is 4.90 Å². The Kier molecular flexibility index (Phi) is 3.17. The summed E-state index contributed by atoms with van der Waals surface area (Å²) in [6.07, 6.45) is 0. The lowest BCUT2D eigenvalue weighted by Gasteiger charge is -2.29. The Morgan fingerprint density at radius 1 is 1.14 bits per heavy atom. The zero-order valence-electron chi connectivity index (χ0n) is 8.87. The summed E-state index contributed by atoms with van der Waals surface area (Å²) in [4.78, 5) is 4.21. The molecular formula is C12H19N2+. The predicted octanol–water partition coefficient (Wildman–Crippen LogP) is 0.0169. The molecule has 1 aromatic rings. The fourth-order valence-corrected chi connectivity index (χ4v) is 1.93. The number of nitrogens with one attached hydrogen (secondary N) is 1. The Labute approximate surface area is 86.1 Å². The van der Waals surface area contributed by atoms with Gasteiger partial charge >= 0.3 is 0 Å². The van der Waals surface area contributed by atoms with Crippen molar-refractivity contribution in [2.45, 2.75) is 6.54 Å². The average molecular weight is 191 g/mol. The van der Waals surface area contributed by atoms with Gasteiger partial charge in [-0.15, -0.1) is 0 Å². The van der Waals surface area contributed by atoms with Gasteiger partial charge in [0.25, 0.3) is 0 Å². The van der Waals surface area contributed by atoms with Gasteiger partial charge in [0.15, 0.2) is 0 Å². The predicted molar refractivity (Wildman–Crippen MR) is 58.3 cm³/mol. The van der Waals surface area contributed by atoms with Crippen LogP contribution in [0.5, 0.6) is 0 Å². The summed E-state index contributed by atoms with van der Waals surface area (Å²) in [5, 5.41) is 0. The van der Waals surface area contributed by atoms with Crippen LogP contribution in [0.1, 0.15) is 5.56 Å². The van der Waals surface area contributed by atoms with Crippen molar-refractivity contribution in [3.8, 4) is 0 Å². The van der Waals surface area contributed by atoms with Crippen LogP contribution in [0.2, 0.25) is 0 Å². The molecule has 1 aliphatic rings. The minimum atomic E-state index is 1.12. The van der Waals surface area contributed by atoms with E-state index < -0.39 is 0 Å². The largest absolute Gasteiger partial charge is 0.335 e. The van der Waals surface area contributed by atoms with Crippen LogP contribution in [0.3, 0.4) is 0 Å². The second-order valence-corrected chi connectivity index (χ2v) is 4.22. The van der Waals surface area contributed by atoms with E-state index in [0.29, 0.717) is 0 Å². The van der Waals surface area contributed by atoms with E-state index in [4.69, 9.17) is 0 Å². The standard InChI is InChI=1S/C12H18N2/c1-13-7-9-14(10-8-13)11-12-5-3-2-4-6-12/h2-6H,7-11H2,1H3/p+1. The Morgan fingerprint density at radius 2 is 1.79 bits per heavy atom. The normalized spacial score (nSPS) is 19.8. The number of nitrogens with zero attached hydrogens (tertiary/aromatic N) is 1. The Morgan fingerprint density at radius 3 is 2.43 bits per heavy atom. The molecule has 0 atom stereocenters. The van der Waals surface area contributed by atoms with Crippen molar-refractivity contribution in [2.24, 2.45) is 0 Å². The summed E-state index contributed by atoms with van der Waals surface area (Å²) < 4.78 is 0. The van der Waals surface area contributed by atoms with Crippen LogP contribution in [0.15, 0.2) is 30.3 Å². The van der Waals surface area contributed by atoms with E-state index in [1.54, 1.807) is 4.90 Å². The molecule has 1 aromatic carbocycles. The molecule has 1 fully saturated rings. The van der Waals surface area contributed by atoms with Crippen molar-refractivity contribution < 1.29 is 4.90 Å². The highest BCUT2D eigenvalue weighted by atomic mass is 15.2. The minimum absolute atomic E-state index is 1.12. The first-order valence-corrected chi connectivity index (χ1v) is 5.42. The highest BCUT2D eigenvalue weighted by Gasteiger charge is 2.15. The highest BCUT2D eigenvalue weighted by molar-refractivity contribution is 5.14. The van der Waals surface area contributed by atoms with Crippen molar-refractivity contribution >= 4 is 0 Å². The summed E-state index contributed by atoms with van der Waals surface area (Å²) in [5.41, 5.74) is 1.44. The van der Waals surface area contributed by atoms with Gasteiger partial charge in [0.2, 0.25) is 0 Å². The second-order valence-electron chi connectivity index (χ2n) is 4.22. The van der Waals surface area contributed by atoms with Crippen LogP contribution in [-0.4, -0.2) is 38.1 Å². The lowest BCUT2D eigenvalue weighted by Crippen LogP contribution is -3.11. The summed E-state index contributed by atoms with van der Waals surface area (Å²) in [6.45, 7) is 6.16. The number of hydrogen-bond donors (Lipinski definition) is 1. The Bertz CT molecular complexity index is 263. The van der Waals surface area contributed by atoms with E-state index in [1.807, 2.05) is 0 Å². The fourth-order valence-electron chi connectivity index (χ4n) is 1.93. The van der Waals surface area contributed by atoms with Crippen LogP contribution in [0.25, 0.3) is 0 Å². The molecular weight excluding hydrogens is 172 g/mol. The summed E-state index contributed by atoms with van der Waals surface area (Å²) in [5.74, 6) is 0. The van der Waals surface area contributed by atoms with Gasteiger partial charge in [-0.1, -0.05) is 30.3 Å². The molecule has 1 N–H and O–H groups in total. The molecule has 0 bridgehead atoms. The molecule has 2 heteroatoms. The molecule has 2 rings (SSSR count). The van der Waals surface area contributed by atoms with Gasteiger partial charge in [-0.25, -0.2) is 0 Å². The summed E-state index contributed by atoms with van der Waals surface area (Å²) >= 11 is 0. The molecule has 0 saturated carbocycles. The fraction of sp³-hybridized carbons (Fsp3) is 0.500. The number of quaternary nitrogens is 1. The van der Waals surface area contributed by atoms with Crippen molar-refractivity contribution in [2.75, 3.05) is 33.2 Å². The lowest BCUT2D eigenvalue weighted by molar-refractivity contribution is -0.884. The van der Waals surface area contributed by atoms with E-state index >= 15 is 0 Å². The molecule has 0 amide bonds. The zero-order valence-corrected chi connectivity index (χ0v) is 8.87. The Hall–Kier alpha value is -0.860. The van der Waals surface area contributed by atoms with Crippen LogP contribution >= 0.6 is 0 Å². The smallest absolute Gasteiger partial charge is 0.0898 e. The van der Waals surface area contributed by atoms with Gasteiger partial charge in [0.05, 0.1) is 20.1 Å². The van der Waals surface area contributed by atoms with E-state index in [9.17, 15) is 0 Å². The summed E-state index contributed by atoms with van der Waals surface area (Å²) in [7, 11) is 2.28. The third-order valence-electron chi connectivity index (χ3n) is 2.96. The number of rotatable bonds is 2. The van der Waals surface area contributed by atoms with Gasteiger partial charge in [-0.05, 0) is 5.56 Å². The van der Waals surface area contributed by atoms with Gasteiger partial charge < -0.3 is 4.90 Å². The van der Waals surface area contributed by atoms with Crippen LogP contribution in [-0.2, 0) is 6.54 Å². The van der Waals surface area contributed by atoms with Crippen LogP contribution in [0.4, 0.5) is 0 Å². The highest BCUT2D eigenvalue weighted by Crippen LogP contribution is 2.03. The lowest BCUT2D eigenvalue weighted by atomic mass is 10.2. The molecule has 0 aliphatic carbocycles. The molecule has 76 valence electrons. The molecule has 0 spiro atoms. The molecule has 14 heavy (non-hydrogen) atoms. The third-order valence-corrected chi connectivity index (χ3v) is 2.96. The number of piperazine rings is 1. The van der Waals surface area contributed by atoms with E-state index in [0.717, 1.165) is 6.54 Å². The molecule has 1 heterocycles. The second kappa shape index (κ2) is 4.58. The maximum atomic E-state index is 2.54. The van der Waals surface area contributed by atoms with Crippen molar-refractivity contribution in [3.63, 3.8) is 0 Å². The topological polar surface area (TPSA) is 7.68 Å². The third kappa shape index (κ3) is 2.56. The maximum absolute atomic E-state index is 2.54. The minimum Gasteiger partial charge on any atom is -0.335 e. The maximum Gasteiger partial charge on any atom is 0.0898 e. The quantitative estimate of drug-likeness (QED) is 0.692. The van der Waals surface area contributed by atoms with Crippen molar-refractivity contribution in [1.29, 1.82) is 0 Å².